The number of rotatable bonds is 3. The summed E-state index contributed by atoms with van der Waals surface area (Å²) in [5.74, 6) is -2.21. The smallest absolute Gasteiger partial charge is 0.393 e. The average Bonchev–Trinajstić information content (AvgIpc) is 3.01. The molecular weight excluding hydrogens is 352 g/mol. The predicted octanol–water partition coefficient (Wildman–Crippen LogP) is 3.60. The lowest BCUT2D eigenvalue weighted by Gasteiger charge is -2.08. The van der Waals surface area contributed by atoms with Gasteiger partial charge < -0.3 is 9.30 Å². The maximum atomic E-state index is 12.5. The van der Waals surface area contributed by atoms with Crippen LogP contribution in [0.1, 0.15) is 29.9 Å². The molecule has 1 fully saturated rings. The summed E-state index contributed by atoms with van der Waals surface area (Å²) in [5.41, 5.74) is -0.178. The van der Waals surface area contributed by atoms with E-state index in [4.69, 9.17) is 16.3 Å². The van der Waals surface area contributed by atoms with Crippen LogP contribution >= 0.6 is 27.5 Å². The van der Waals surface area contributed by atoms with Gasteiger partial charge in [-0.2, -0.15) is 13.2 Å². The number of ether oxygens (including phenoxy) is 1. The number of carbonyl (C=O) groups is 1. The lowest BCUT2D eigenvalue weighted by atomic mass is 10.4. The van der Waals surface area contributed by atoms with Gasteiger partial charge in [0.05, 0.1) is 12.5 Å². The van der Waals surface area contributed by atoms with E-state index in [9.17, 15) is 18.0 Å². The van der Waals surface area contributed by atoms with Gasteiger partial charge in [0.25, 0.3) is 0 Å². The average molecular weight is 362 g/mol. The molecule has 0 N–H and O–H groups in total. The second-order valence-corrected chi connectivity index (χ2v) is 5.13. The standard InChI is InChI=1S/C10H9BrClF3N2O2/c1-2-19-8(18)6-7(12)17(9(11)16-6)5-3-4(5)10(13,14)15/h4-5H,2-3H2,1H3. The van der Waals surface area contributed by atoms with Crippen molar-refractivity contribution in [3.8, 4) is 0 Å². The number of halogens is 5. The second kappa shape index (κ2) is 4.97. The van der Waals surface area contributed by atoms with Crippen LogP contribution in [0.3, 0.4) is 0 Å². The molecule has 0 radical (unpaired) electrons. The normalized spacial score (nSPS) is 22.4. The molecule has 0 aromatic carbocycles. The maximum Gasteiger partial charge on any atom is 0.393 e. The van der Waals surface area contributed by atoms with Crippen LogP contribution in [0.5, 0.6) is 0 Å². The number of esters is 1. The summed E-state index contributed by atoms with van der Waals surface area (Å²) in [6.45, 7) is 1.74. The van der Waals surface area contributed by atoms with Gasteiger partial charge in [0.1, 0.15) is 5.15 Å². The summed E-state index contributed by atoms with van der Waals surface area (Å²) in [6.07, 6.45) is -4.34. The van der Waals surface area contributed by atoms with Crippen LogP contribution in [0.2, 0.25) is 5.15 Å². The van der Waals surface area contributed by atoms with Crippen LogP contribution in [0.4, 0.5) is 13.2 Å². The molecule has 1 aliphatic rings. The van der Waals surface area contributed by atoms with Crippen molar-refractivity contribution in [3.63, 3.8) is 0 Å². The van der Waals surface area contributed by atoms with Crippen molar-refractivity contribution in [1.29, 1.82) is 0 Å². The lowest BCUT2D eigenvalue weighted by Crippen LogP contribution is -2.13. The van der Waals surface area contributed by atoms with Gasteiger partial charge in [-0.1, -0.05) is 11.6 Å². The minimum atomic E-state index is -4.28. The molecule has 2 atom stereocenters. The highest BCUT2D eigenvalue weighted by molar-refractivity contribution is 9.10. The van der Waals surface area contributed by atoms with E-state index in [1.54, 1.807) is 6.92 Å². The SMILES string of the molecule is CCOC(=O)c1nc(Br)n(C2CC2C(F)(F)F)c1Cl. The molecule has 2 unspecified atom stereocenters. The van der Waals surface area contributed by atoms with Crippen molar-refractivity contribution in [2.75, 3.05) is 6.61 Å². The van der Waals surface area contributed by atoms with E-state index >= 15 is 0 Å². The summed E-state index contributed by atoms with van der Waals surface area (Å²) in [7, 11) is 0. The highest BCUT2D eigenvalue weighted by atomic mass is 79.9. The number of alkyl halides is 3. The van der Waals surface area contributed by atoms with E-state index < -0.39 is 24.1 Å². The van der Waals surface area contributed by atoms with Crippen LogP contribution in [0, 0.1) is 5.92 Å². The first-order chi connectivity index (χ1) is 8.77. The molecule has 0 bridgehead atoms. The predicted molar refractivity (Wildman–Crippen MR) is 64.1 cm³/mol. The second-order valence-electron chi connectivity index (χ2n) is 4.06. The van der Waals surface area contributed by atoms with E-state index in [-0.39, 0.29) is 28.6 Å². The van der Waals surface area contributed by atoms with Crippen molar-refractivity contribution >= 4 is 33.5 Å². The summed E-state index contributed by atoms with van der Waals surface area (Å²) in [4.78, 5) is 15.3. The fourth-order valence-corrected chi connectivity index (χ4v) is 2.86. The number of hydrogen-bond acceptors (Lipinski definition) is 3. The van der Waals surface area contributed by atoms with Crippen LogP contribution < -0.4 is 0 Å². The van der Waals surface area contributed by atoms with E-state index in [0.29, 0.717) is 0 Å². The monoisotopic (exact) mass is 360 g/mol. The van der Waals surface area contributed by atoms with Crippen LogP contribution in [0.25, 0.3) is 0 Å². The fourth-order valence-electron chi connectivity index (χ4n) is 1.82. The zero-order chi connectivity index (χ0) is 14.4. The minimum Gasteiger partial charge on any atom is -0.461 e. The molecule has 0 aliphatic heterocycles. The van der Waals surface area contributed by atoms with Gasteiger partial charge in [-0.15, -0.1) is 0 Å². The number of nitrogens with zero attached hydrogens (tertiary/aromatic N) is 2. The summed E-state index contributed by atoms with van der Waals surface area (Å²) in [6, 6.07) is -0.822. The molecule has 19 heavy (non-hydrogen) atoms. The highest BCUT2D eigenvalue weighted by Crippen LogP contribution is 2.55. The Labute approximate surface area is 120 Å². The van der Waals surface area contributed by atoms with Gasteiger partial charge in [-0.25, -0.2) is 9.78 Å². The molecule has 0 saturated heterocycles. The number of hydrogen-bond donors (Lipinski definition) is 0. The molecule has 1 saturated carbocycles. The van der Waals surface area contributed by atoms with E-state index in [1.807, 2.05) is 0 Å². The van der Waals surface area contributed by atoms with Crippen molar-refractivity contribution in [3.05, 3.63) is 15.6 Å². The lowest BCUT2D eigenvalue weighted by molar-refractivity contribution is -0.150. The van der Waals surface area contributed by atoms with Crippen molar-refractivity contribution in [2.24, 2.45) is 5.92 Å². The molecule has 0 amide bonds. The van der Waals surface area contributed by atoms with Gasteiger partial charge in [0.2, 0.25) is 0 Å². The Kier molecular flexibility index (Phi) is 3.83. The summed E-state index contributed by atoms with van der Waals surface area (Å²) in [5, 5.41) is -0.137. The van der Waals surface area contributed by atoms with Crippen molar-refractivity contribution in [1.82, 2.24) is 9.55 Å². The van der Waals surface area contributed by atoms with Crippen LogP contribution in [-0.2, 0) is 4.74 Å². The van der Waals surface area contributed by atoms with Crippen LogP contribution in [0.15, 0.2) is 4.73 Å². The zero-order valence-electron chi connectivity index (χ0n) is 9.67. The molecule has 0 spiro atoms. The van der Waals surface area contributed by atoms with E-state index in [2.05, 4.69) is 20.9 Å². The van der Waals surface area contributed by atoms with Crippen LogP contribution in [-0.4, -0.2) is 28.3 Å². The van der Waals surface area contributed by atoms with Gasteiger partial charge >= 0.3 is 12.1 Å². The first-order valence-corrected chi connectivity index (χ1v) is 6.61. The molecule has 1 aliphatic carbocycles. The molecule has 4 nitrogen and oxygen atoms in total. The molecule has 106 valence electrons. The molecule has 1 heterocycles. The minimum absolute atomic E-state index is 0.0690. The quantitative estimate of drug-likeness (QED) is 0.773. The highest BCUT2D eigenvalue weighted by Gasteiger charge is 2.57. The Morgan fingerprint density at radius 3 is 2.74 bits per heavy atom. The first kappa shape index (κ1) is 14.6. The first-order valence-electron chi connectivity index (χ1n) is 5.44. The topological polar surface area (TPSA) is 44.1 Å². The Balaban J connectivity index is 2.27. The summed E-state index contributed by atoms with van der Waals surface area (Å²) >= 11 is 8.93. The Morgan fingerprint density at radius 2 is 2.26 bits per heavy atom. The Morgan fingerprint density at radius 1 is 1.63 bits per heavy atom. The number of carbonyl (C=O) groups excluding carboxylic acids is 1. The van der Waals surface area contributed by atoms with Gasteiger partial charge in [-0.3, -0.25) is 0 Å². The number of aromatic nitrogens is 2. The summed E-state index contributed by atoms with van der Waals surface area (Å²) < 4.78 is 43.6. The number of imidazole rings is 1. The zero-order valence-corrected chi connectivity index (χ0v) is 12.0. The third-order valence-corrected chi connectivity index (χ3v) is 3.71. The molecular formula is C10H9BrClF3N2O2. The van der Waals surface area contributed by atoms with Crippen molar-refractivity contribution in [2.45, 2.75) is 25.6 Å². The van der Waals surface area contributed by atoms with Crippen molar-refractivity contribution < 1.29 is 22.7 Å². The fraction of sp³-hybridized carbons (Fsp3) is 0.600. The maximum absolute atomic E-state index is 12.5. The van der Waals surface area contributed by atoms with Gasteiger partial charge in [-0.05, 0) is 29.3 Å². The largest absolute Gasteiger partial charge is 0.461 e. The molecule has 2 rings (SSSR count). The third kappa shape index (κ3) is 2.74. The molecule has 1 aromatic heterocycles. The third-order valence-electron chi connectivity index (χ3n) is 2.79. The van der Waals surface area contributed by atoms with Gasteiger partial charge in [0, 0.05) is 6.04 Å². The van der Waals surface area contributed by atoms with E-state index in [0.717, 1.165) is 0 Å². The Bertz CT molecular complexity index is 518. The molecule has 9 heteroatoms. The van der Waals surface area contributed by atoms with Gasteiger partial charge in [0.15, 0.2) is 10.4 Å². The Hall–Kier alpha value is -0.760. The van der Waals surface area contributed by atoms with E-state index in [1.165, 1.54) is 4.57 Å². The molecule has 1 aromatic rings.